The second-order valence-electron chi connectivity index (χ2n) is 3.44. The highest BCUT2D eigenvalue weighted by Gasteiger charge is 2.20. The van der Waals surface area contributed by atoms with E-state index in [0.29, 0.717) is 19.0 Å². The lowest BCUT2D eigenvalue weighted by atomic mass is 10.1. The van der Waals surface area contributed by atoms with Gasteiger partial charge in [0.15, 0.2) is 11.6 Å². The topological polar surface area (TPSA) is 30.5 Å². The van der Waals surface area contributed by atoms with Gasteiger partial charge in [-0.05, 0) is 6.07 Å². The van der Waals surface area contributed by atoms with Gasteiger partial charge in [0.2, 0.25) is 0 Å². The fourth-order valence-corrected chi connectivity index (χ4v) is 1.78. The van der Waals surface area contributed by atoms with Gasteiger partial charge in [-0.15, -0.1) is 12.4 Å². The standard InChI is InChI=1S/C11H14FNO2.ClH/c1-14-11-8(3-2-4-9(11)12)10-7-15-6-5-13-10;/h2-4,10,13H,5-7H2,1H3;1H/t10-;/m1./s1. The minimum atomic E-state index is -0.331. The van der Waals surface area contributed by atoms with Crippen LogP contribution in [-0.4, -0.2) is 26.9 Å². The van der Waals surface area contributed by atoms with Crippen molar-refractivity contribution in [3.05, 3.63) is 29.6 Å². The number of rotatable bonds is 2. The normalized spacial score (nSPS) is 20.0. The smallest absolute Gasteiger partial charge is 0.165 e. The molecule has 1 heterocycles. The number of halogens is 2. The van der Waals surface area contributed by atoms with Crippen molar-refractivity contribution >= 4 is 12.4 Å². The number of ether oxygens (including phenoxy) is 2. The van der Waals surface area contributed by atoms with Crippen LogP contribution in [0.4, 0.5) is 4.39 Å². The molecule has 0 aliphatic carbocycles. The van der Waals surface area contributed by atoms with Gasteiger partial charge in [-0.1, -0.05) is 12.1 Å². The third-order valence-corrected chi connectivity index (χ3v) is 2.50. The summed E-state index contributed by atoms with van der Waals surface area (Å²) < 4.78 is 23.8. The molecular weight excluding hydrogens is 233 g/mol. The van der Waals surface area contributed by atoms with Crippen molar-refractivity contribution in [2.24, 2.45) is 0 Å². The van der Waals surface area contributed by atoms with Gasteiger partial charge in [0.05, 0.1) is 26.4 Å². The molecule has 5 heteroatoms. The van der Waals surface area contributed by atoms with E-state index in [1.165, 1.54) is 13.2 Å². The summed E-state index contributed by atoms with van der Waals surface area (Å²) in [5.41, 5.74) is 0.817. The van der Waals surface area contributed by atoms with E-state index in [1.54, 1.807) is 6.07 Å². The van der Waals surface area contributed by atoms with Crippen LogP contribution in [0.25, 0.3) is 0 Å². The summed E-state index contributed by atoms with van der Waals surface area (Å²) >= 11 is 0. The predicted molar refractivity (Wildman–Crippen MR) is 61.8 cm³/mol. The zero-order valence-electron chi connectivity index (χ0n) is 9.03. The summed E-state index contributed by atoms with van der Waals surface area (Å²) in [7, 11) is 1.48. The van der Waals surface area contributed by atoms with E-state index in [-0.39, 0.29) is 24.3 Å². The molecular formula is C11H15ClFNO2. The summed E-state index contributed by atoms with van der Waals surface area (Å²) in [4.78, 5) is 0. The lowest BCUT2D eigenvalue weighted by Crippen LogP contribution is -2.34. The maximum Gasteiger partial charge on any atom is 0.165 e. The van der Waals surface area contributed by atoms with Crippen molar-refractivity contribution in [2.45, 2.75) is 6.04 Å². The van der Waals surface area contributed by atoms with Gasteiger partial charge < -0.3 is 14.8 Å². The fraction of sp³-hybridized carbons (Fsp3) is 0.455. The average Bonchev–Trinajstić information content (AvgIpc) is 2.30. The Labute approximate surface area is 100 Å². The molecule has 0 spiro atoms. The van der Waals surface area contributed by atoms with Gasteiger partial charge in [0, 0.05) is 12.1 Å². The van der Waals surface area contributed by atoms with Crippen LogP contribution in [0.3, 0.4) is 0 Å². The number of nitrogens with one attached hydrogen (secondary N) is 1. The first-order chi connectivity index (χ1) is 7.33. The molecule has 3 nitrogen and oxygen atoms in total. The Morgan fingerprint density at radius 3 is 2.94 bits per heavy atom. The zero-order valence-corrected chi connectivity index (χ0v) is 9.85. The Balaban J connectivity index is 0.00000128. The van der Waals surface area contributed by atoms with Gasteiger partial charge in [-0.25, -0.2) is 4.39 Å². The average molecular weight is 248 g/mol. The molecule has 1 aromatic carbocycles. The molecule has 1 N–H and O–H groups in total. The molecule has 1 aliphatic rings. The molecule has 2 rings (SSSR count). The summed E-state index contributed by atoms with van der Waals surface area (Å²) in [5.74, 6) is -0.0251. The number of hydrogen-bond acceptors (Lipinski definition) is 3. The zero-order chi connectivity index (χ0) is 10.7. The number of methoxy groups -OCH3 is 1. The SMILES string of the molecule is COc1c(F)cccc1[C@H]1COCCN1.Cl. The van der Waals surface area contributed by atoms with Gasteiger partial charge >= 0.3 is 0 Å². The van der Waals surface area contributed by atoms with Gasteiger partial charge in [0.25, 0.3) is 0 Å². The van der Waals surface area contributed by atoms with Crippen LogP contribution in [0, 0.1) is 5.82 Å². The fourth-order valence-electron chi connectivity index (χ4n) is 1.78. The quantitative estimate of drug-likeness (QED) is 0.866. The third kappa shape index (κ3) is 2.64. The third-order valence-electron chi connectivity index (χ3n) is 2.50. The first-order valence-electron chi connectivity index (χ1n) is 4.96. The lowest BCUT2D eigenvalue weighted by Gasteiger charge is -2.25. The van der Waals surface area contributed by atoms with Gasteiger partial charge in [-0.2, -0.15) is 0 Å². The molecule has 1 atom stereocenters. The molecule has 0 radical (unpaired) electrons. The van der Waals surface area contributed by atoms with E-state index in [1.807, 2.05) is 6.07 Å². The van der Waals surface area contributed by atoms with E-state index in [2.05, 4.69) is 5.32 Å². The van der Waals surface area contributed by atoms with E-state index >= 15 is 0 Å². The highest BCUT2D eigenvalue weighted by Crippen LogP contribution is 2.28. The number of benzene rings is 1. The Bertz CT molecular complexity index is 343. The molecule has 1 fully saturated rings. The number of hydrogen-bond donors (Lipinski definition) is 1. The monoisotopic (exact) mass is 247 g/mol. The molecule has 0 aromatic heterocycles. The molecule has 90 valence electrons. The Morgan fingerprint density at radius 1 is 1.50 bits per heavy atom. The molecule has 0 unspecified atom stereocenters. The van der Waals surface area contributed by atoms with Gasteiger partial charge in [0.1, 0.15) is 0 Å². The number of morpholine rings is 1. The molecule has 0 amide bonds. The van der Waals surface area contributed by atoms with E-state index in [0.717, 1.165) is 12.1 Å². The first kappa shape index (κ1) is 13.2. The molecule has 0 bridgehead atoms. The Kier molecular flexibility index (Phi) is 4.99. The molecule has 0 saturated carbocycles. The van der Waals surface area contributed by atoms with Crippen LogP contribution < -0.4 is 10.1 Å². The van der Waals surface area contributed by atoms with Gasteiger partial charge in [-0.3, -0.25) is 0 Å². The van der Waals surface area contributed by atoms with Crippen LogP contribution in [0.1, 0.15) is 11.6 Å². The summed E-state index contributed by atoms with van der Waals surface area (Å²) in [5, 5.41) is 3.27. The second-order valence-corrected chi connectivity index (χ2v) is 3.44. The van der Waals surface area contributed by atoms with Crippen LogP contribution in [0.2, 0.25) is 0 Å². The minimum Gasteiger partial charge on any atom is -0.493 e. The highest BCUT2D eigenvalue weighted by molar-refractivity contribution is 5.85. The van der Waals surface area contributed by atoms with Crippen LogP contribution in [0.15, 0.2) is 18.2 Å². The van der Waals surface area contributed by atoms with Crippen LogP contribution in [-0.2, 0) is 4.74 Å². The molecule has 1 aromatic rings. The first-order valence-corrected chi connectivity index (χ1v) is 4.96. The van der Waals surface area contributed by atoms with E-state index in [4.69, 9.17) is 9.47 Å². The molecule has 16 heavy (non-hydrogen) atoms. The van der Waals surface area contributed by atoms with Crippen molar-refractivity contribution in [1.82, 2.24) is 5.32 Å². The Hall–Kier alpha value is -0.840. The molecule has 1 aliphatic heterocycles. The van der Waals surface area contributed by atoms with E-state index in [9.17, 15) is 4.39 Å². The van der Waals surface area contributed by atoms with E-state index < -0.39 is 0 Å². The van der Waals surface area contributed by atoms with Crippen molar-refractivity contribution < 1.29 is 13.9 Å². The predicted octanol–water partition coefficient (Wildman–Crippen LogP) is 1.92. The number of para-hydroxylation sites is 1. The summed E-state index contributed by atoms with van der Waals surface area (Å²) in [6, 6.07) is 4.95. The minimum absolute atomic E-state index is 0. The largest absolute Gasteiger partial charge is 0.493 e. The van der Waals surface area contributed by atoms with Crippen LogP contribution >= 0.6 is 12.4 Å². The summed E-state index contributed by atoms with van der Waals surface area (Å²) in [6.07, 6.45) is 0. The molecule has 1 saturated heterocycles. The van der Waals surface area contributed by atoms with Crippen molar-refractivity contribution in [3.8, 4) is 5.75 Å². The maximum absolute atomic E-state index is 13.4. The van der Waals surface area contributed by atoms with Crippen molar-refractivity contribution in [1.29, 1.82) is 0 Å². The highest BCUT2D eigenvalue weighted by atomic mass is 35.5. The maximum atomic E-state index is 13.4. The Morgan fingerprint density at radius 2 is 2.31 bits per heavy atom. The van der Waals surface area contributed by atoms with Crippen LogP contribution in [0.5, 0.6) is 5.75 Å². The second kappa shape index (κ2) is 6.03. The lowest BCUT2D eigenvalue weighted by molar-refractivity contribution is 0.0759. The van der Waals surface area contributed by atoms with Crippen molar-refractivity contribution in [2.75, 3.05) is 26.9 Å². The van der Waals surface area contributed by atoms with Crippen molar-refractivity contribution in [3.63, 3.8) is 0 Å². The summed E-state index contributed by atoms with van der Waals surface area (Å²) in [6.45, 7) is 2.04.